The molecule has 1 aliphatic rings. The maximum absolute atomic E-state index is 14.6. The van der Waals surface area contributed by atoms with E-state index in [4.69, 9.17) is 4.74 Å². The van der Waals surface area contributed by atoms with Crippen LogP contribution in [0.5, 0.6) is 5.75 Å². The smallest absolute Gasteiger partial charge is 0.295 e. The van der Waals surface area contributed by atoms with Crippen LogP contribution in [0.2, 0.25) is 0 Å². The molecule has 3 rings (SSSR count). The third kappa shape index (κ3) is 4.22. The zero-order chi connectivity index (χ0) is 21.8. The molecule has 1 aliphatic heterocycles. The van der Waals surface area contributed by atoms with Crippen LogP contribution in [0.4, 0.5) is 4.39 Å². The van der Waals surface area contributed by atoms with Gasteiger partial charge in [-0.2, -0.15) is 0 Å². The molecule has 1 amide bonds. The van der Waals surface area contributed by atoms with Gasteiger partial charge in [-0.3, -0.25) is 9.59 Å². The van der Waals surface area contributed by atoms with E-state index in [2.05, 4.69) is 0 Å². The Morgan fingerprint density at radius 2 is 1.80 bits per heavy atom. The molecule has 158 valence electrons. The van der Waals surface area contributed by atoms with Gasteiger partial charge in [0, 0.05) is 17.7 Å². The predicted molar refractivity (Wildman–Crippen MR) is 112 cm³/mol. The Morgan fingerprint density at radius 3 is 2.40 bits per heavy atom. The van der Waals surface area contributed by atoms with E-state index >= 15 is 0 Å². The first-order chi connectivity index (χ1) is 14.3. The molecule has 1 N–H and O–H groups in total. The molecule has 1 heterocycles. The fourth-order valence-corrected chi connectivity index (χ4v) is 3.50. The van der Waals surface area contributed by atoms with Gasteiger partial charge in [-0.05, 0) is 42.7 Å². The molecule has 5 nitrogen and oxygen atoms in total. The number of hydrogen-bond acceptors (Lipinski definition) is 4. The molecule has 0 aliphatic carbocycles. The van der Waals surface area contributed by atoms with Crippen LogP contribution >= 0.6 is 0 Å². The first-order valence-electron chi connectivity index (χ1n) is 10.1. The molecule has 1 fully saturated rings. The number of aliphatic hydroxyl groups excluding tert-OH is 1. The van der Waals surface area contributed by atoms with E-state index in [1.54, 1.807) is 36.4 Å². The Labute approximate surface area is 175 Å². The van der Waals surface area contributed by atoms with Crippen LogP contribution in [0.25, 0.3) is 5.76 Å². The predicted octanol–water partition coefficient (Wildman–Crippen LogP) is 4.69. The van der Waals surface area contributed by atoms with Gasteiger partial charge in [0.25, 0.3) is 11.7 Å². The monoisotopic (exact) mass is 411 g/mol. The van der Waals surface area contributed by atoms with Gasteiger partial charge in [0.15, 0.2) is 0 Å². The van der Waals surface area contributed by atoms with Gasteiger partial charge < -0.3 is 14.7 Å². The first kappa shape index (κ1) is 21.6. The molecular weight excluding hydrogens is 385 g/mol. The lowest BCUT2D eigenvalue weighted by molar-refractivity contribution is -0.139. The average Bonchev–Trinajstić information content (AvgIpc) is 2.97. The number of Topliss-reactive ketones (excluding diaryl/α,β-unsaturated/α-hetero) is 1. The first-order valence-corrected chi connectivity index (χ1v) is 10.1. The molecule has 2 aromatic carbocycles. The van der Waals surface area contributed by atoms with Crippen molar-refractivity contribution in [3.63, 3.8) is 0 Å². The Hall–Kier alpha value is -3.15. The summed E-state index contributed by atoms with van der Waals surface area (Å²) in [5, 5.41) is 10.9. The molecule has 1 atom stereocenters. The minimum atomic E-state index is -0.969. The molecule has 30 heavy (non-hydrogen) atoms. The summed E-state index contributed by atoms with van der Waals surface area (Å²) in [7, 11) is 0. The molecule has 0 aromatic heterocycles. The Kier molecular flexibility index (Phi) is 6.55. The molecule has 2 aromatic rings. The topological polar surface area (TPSA) is 66.8 Å². The normalized spacial score (nSPS) is 18.3. The van der Waals surface area contributed by atoms with E-state index in [0.717, 1.165) is 0 Å². The highest BCUT2D eigenvalue weighted by molar-refractivity contribution is 6.46. The number of rotatable bonds is 7. The lowest BCUT2D eigenvalue weighted by Crippen LogP contribution is -2.30. The van der Waals surface area contributed by atoms with Crippen molar-refractivity contribution in [2.45, 2.75) is 33.2 Å². The largest absolute Gasteiger partial charge is 0.507 e. The van der Waals surface area contributed by atoms with E-state index in [9.17, 15) is 19.1 Å². The van der Waals surface area contributed by atoms with Crippen molar-refractivity contribution in [3.8, 4) is 5.75 Å². The standard InChI is InChI=1S/C24H26FNO4/c1-4-13-26-21(18-7-5-6-8-19(18)25)20(23(28)24(26)29)22(27)16-9-11-17(12-10-16)30-14-15(2)3/h5-12,15,21,27H,4,13-14H2,1-3H3/b22-20-. The van der Waals surface area contributed by atoms with Gasteiger partial charge in [-0.25, -0.2) is 4.39 Å². The van der Waals surface area contributed by atoms with Crippen molar-refractivity contribution in [2.24, 2.45) is 5.92 Å². The van der Waals surface area contributed by atoms with Gasteiger partial charge in [0.05, 0.1) is 18.2 Å². The minimum Gasteiger partial charge on any atom is -0.507 e. The maximum Gasteiger partial charge on any atom is 0.295 e. The molecule has 6 heteroatoms. The molecule has 0 spiro atoms. The van der Waals surface area contributed by atoms with Crippen LogP contribution in [0.1, 0.15) is 44.4 Å². The molecule has 1 unspecified atom stereocenters. The lowest BCUT2D eigenvalue weighted by Gasteiger charge is -2.25. The van der Waals surface area contributed by atoms with E-state index in [-0.39, 0.29) is 23.4 Å². The van der Waals surface area contributed by atoms with E-state index in [1.165, 1.54) is 17.0 Å². The number of amides is 1. The zero-order valence-corrected chi connectivity index (χ0v) is 17.4. The summed E-state index contributed by atoms with van der Waals surface area (Å²) in [6.45, 7) is 6.78. The summed E-state index contributed by atoms with van der Waals surface area (Å²) < 4.78 is 20.2. The highest BCUT2D eigenvalue weighted by Crippen LogP contribution is 2.40. The highest BCUT2D eigenvalue weighted by atomic mass is 19.1. The quantitative estimate of drug-likeness (QED) is 0.408. The molecule has 0 saturated carbocycles. The number of halogens is 1. The van der Waals surface area contributed by atoms with Crippen LogP contribution in [0.3, 0.4) is 0 Å². The number of benzene rings is 2. The van der Waals surface area contributed by atoms with Crippen LogP contribution in [-0.4, -0.2) is 34.8 Å². The average molecular weight is 411 g/mol. The fourth-order valence-electron chi connectivity index (χ4n) is 3.50. The summed E-state index contributed by atoms with van der Waals surface area (Å²) in [5.74, 6) is -1.40. The van der Waals surface area contributed by atoms with Crippen LogP contribution in [0, 0.1) is 11.7 Å². The Bertz CT molecular complexity index is 965. The van der Waals surface area contributed by atoms with Gasteiger partial charge in [-0.1, -0.05) is 39.0 Å². The fraction of sp³-hybridized carbons (Fsp3) is 0.333. The third-order valence-electron chi connectivity index (χ3n) is 4.92. The third-order valence-corrected chi connectivity index (χ3v) is 4.92. The number of ether oxygens (including phenoxy) is 1. The zero-order valence-electron chi connectivity index (χ0n) is 17.4. The van der Waals surface area contributed by atoms with E-state index in [1.807, 2.05) is 20.8 Å². The second-order valence-electron chi connectivity index (χ2n) is 7.74. The van der Waals surface area contributed by atoms with Gasteiger partial charge in [0.2, 0.25) is 0 Å². The summed E-state index contributed by atoms with van der Waals surface area (Å²) in [6.07, 6.45) is 0.597. The summed E-state index contributed by atoms with van der Waals surface area (Å²) >= 11 is 0. The highest BCUT2D eigenvalue weighted by Gasteiger charge is 2.46. The number of aliphatic hydroxyl groups is 1. The van der Waals surface area contributed by atoms with Gasteiger partial charge >= 0.3 is 0 Å². The maximum atomic E-state index is 14.6. The number of ketones is 1. The van der Waals surface area contributed by atoms with E-state index in [0.29, 0.717) is 30.3 Å². The number of carbonyl (C=O) groups is 2. The van der Waals surface area contributed by atoms with Crippen molar-refractivity contribution in [3.05, 3.63) is 71.0 Å². The molecule has 0 radical (unpaired) electrons. The van der Waals surface area contributed by atoms with Crippen LogP contribution < -0.4 is 4.74 Å². The summed E-state index contributed by atoms with van der Waals surface area (Å²) in [6, 6.07) is 11.7. The number of hydrogen-bond donors (Lipinski definition) is 1. The number of carbonyl (C=O) groups excluding carboxylic acids is 2. The second-order valence-corrected chi connectivity index (χ2v) is 7.74. The van der Waals surface area contributed by atoms with Crippen molar-refractivity contribution in [1.29, 1.82) is 0 Å². The van der Waals surface area contributed by atoms with Crippen molar-refractivity contribution < 1.29 is 23.8 Å². The van der Waals surface area contributed by atoms with Gasteiger partial charge in [0.1, 0.15) is 17.3 Å². The van der Waals surface area contributed by atoms with E-state index < -0.39 is 23.5 Å². The van der Waals surface area contributed by atoms with Crippen molar-refractivity contribution in [2.75, 3.05) is 13.2 Å². The lowest BCUT2D eigenvalue weighted by atomic mass is 9.95. The molecule has 0 bridgehead atoms. The van der Waals surface area contributed by atoms with Crippen LogP contribution in [-0.2, 0) is 9.59 Å². The number of likely N-dealkylation sites (tertiary alicyclic amines) is 1. The van der Waals surface area contributed by atoms with Crippen molar-refractivity contribution >= 4 is 17.4 Å². The minimum absolute atomic E-state index is 0.102. The van der Waals surface area contributed by atoms with Crippen LogP contribution in [0.15, 0.2) is 54.1 Å². The molecular formula is C24H26FNO4. The Balaban J connectivity index is 2.05. The summed E-state index contributed by atoms with van der Waals surface area (Å²) in [5.41, 5.74) is 0.445. The van der Waals surface area contributed by atoms with Crippen molar-refractivity contribution in [1.82, 2.24) is 4.90 Å². The molecule has 1 saturated heterocycles. The van der Waals surface area contributed by atoms with Gasteiger partial charge in [-0.15, -0.1) is 0 Å². The Morgan fingerprint density at radius 1 is 1.13 bits per heavy atom. The second kappa shape index (κ2) is 9.11. The SMILES string of the molecule is CCCN1C(=O)C(=O)/C(=C(\O)c2ccc(OCC(C)C)cc2)C1c1ccccc1F. The number of nitrogens with zero attached hydrogens (tertiary/aromatic N) is 1. The summed E-state index contributed by atoms with van der Waals surface area (Å²) in [4.78, 5) is 26.7.